The molecule has 0 aliphatic heterocycles. The van der Waals surface area contributed by atoms with Crippen LogP contribution in [0.15, 0.2) is 24.3 Å². The molecule has 0 aliphatic rings. The van der Waals surface area contributed by atoms with Crippen molar-refractivity contribution in [2.75, 3.05) is 0 Å². The fourth-order valence-electron chi connectivity index (χ4n) is 1.54. The van der Waals surface area contributed by atoms with E-state index in [0.29, 0.717) is 10.8 Å². The van der Waals surface area contributed by atoms with Crippen molar-refractivity contribution in [3.63, 3.8) is 0 Å². The number of nitrogens with zero attached hydrogens (tertiary/aromatic N) is 2. The molecule has 0 radical (unpaired) electrons. The number of nitrogens with two attached hydrogens (primary N) is 1. The molecule has 0 bridgehead atoms. The number of benzene rings is 1. The minimum Gasteiger partial charge on any atom is -0.486 e. The van der Waals surface area contributed by atoms with Crippen molar-refractivity contribution in [2.24, 2.45) is 12.8 Å². The Hall–Kier alpha value is -2.08. The Balaban J connectivity index is 2.17. The summed E-state index contributed by atoms with van der Waals surface area (Å²) in [5.74, 6) is -1.11. The van der Waals surface area contributed by atoms with E-state index in [1.807, 2.05) is 0 Å². The molecule has 0 fully saturated rings. The topological polar surface area (TPSA) is 70.1 Å². The van der Waals surface area contributed by atoms with E-state index in [0.717, 1.165) is 6.07 Å². The van der Waals surface area contributed by atoms with E-state index in [-0.39, 0.29) is 17.9 Å². The molecule has 1 aromatic heterocycles. The SMILES string of the molecule is Cn1nc(COc2ccc(F)cc2C(N)=O)cc1Cl. The smallest absolute Gasteiger partial charge is 0.252 e. The maximum atomic E-state index is 13.0. The third kappa shape index (κ3) is 3.03. The van der Waals surface area contributed by atoms with Crippen molar-refractivity contribution in [1.29, 1.82) is 0 Å². The zero-order valence-electron chi connectivity index (χ0n) is 10.1. The van der Waals surface area contributed by atoms with Crippen molar-refractivity contribution < 1.29 is 13.9 Å². The highest BCUT2D eigenvalue weighted by molar-refractivity contribution is 6.29. The summed E-state index contributed by atoms with van der Waals surface area (Å²) < 4.78 is 19.9. The molecule has 1 amide bonds. The van der Waals surface area contributed by atoms with Crippen molar-refractivity contribution in [3.05, 3.63) is 46.5 Å². The van der Waals surface area contributed by atoms with E-state index < -0.39 is 11.7 Å². The van der Waals surface area contributed by atoms with Crippen LogP contribution in [-0.4, -0.2) is 15.7 Å². The fourth-order valence-corrected chi connectivity index (χ4v) is 1.71. The van der Waals surface area contributed by atoms with Crippen LogP contribution in [0.2, 0.25) is 5.15 Å². The molecular weight excluding hydrogens is 273 g/mol. The second-order valence-electron chi connectivity index (χ2n) is 3.88. The first kappa shape index (κ1) is 13.4. The summed E-state index contributed by atoms with van der Waals surface area (Å²) in [5.41, 5.74) is 5.73. The molecule has 0 saturated heterocycles. The number of halogens is 2. The molecule has 7 heteroatoms. The van der Waals surface area contributed by atoms with Crippen LogP contribution in [0, 0.1) is 5.82 Å². The fraction of sp³-hybridized carbons (Fsp3) is 0.167. The van der Waals surface area contributed by atoms with Gasteiger partial charge in [-0.05, 0) is 18.2 Å². The summed E-state index contributed by atoms with van der Waals surface area (Å²) in [6.45, 7) is 0.104. The largest absolute Gasteiger partial charge is 0.486 e. The van der Waals surface area contributed by atoms with Crippen molar-refractivity contribution in [2.45, 2.75) is 6.61 Å². The second-order valence-corrected chi connectivity index (χ2v) is 4.26. The van der Waals surface area contributed by atoms with Crippen LogP contribution in [-0.2, 0) is 13.7 Å². The van der Waals surface area contributed by atoms with Gasteiger partial charge in [0.2, 0.25) is 0 Å². The van der Waals surface area contributed by atoms with Gasteiger partial charge in [-0.1, -0.05) is 11.6 Å². The lowest BCUT2D eigenvalue weighted by Gasteiger charge is -2.08. The number of rotatable bonds is 4. The first-order valence-electron chi connectivity index (χ1n) is 5.38. The zero-order valence-corrected chi connectivity index (χ0v) is 10.8. The molecule has 2 rings (SSSR count). The molecule has 0 saturated carbocycles. The summed E-state index contributed by atoms with van der Waals surface area (Å²) in [5, 5.41) is 4.55. The number of hydrogen-bond donors (Lipinski definition) is 1. The number of carbonyl (C=O) groups excluding carboxylic acids is 1. The lowest BCUT2D eigenvalue weighted by atomic mass is 10.2. The van der Waals surface area contributed by atoms with Gasteiger partial charge in [0.15, 0.2) is 0 Å². The Bertz CT molecular complexity index is 608. The van der Waals surface area contributed by atoms with E-state index >= 15 is 0 Å². The molecule has 0 unspecified atom stereocenters. The van der Waals surface area contributed by atoms with E-state index in [2.05, 4.69) is 5.10 Å². The monoisotopic (exact) mass is 283 g/mol. The van der Waals surface area contributed by atoms with Gasteiger partial charge >= 0.3 is 0 Å². The molecule has 1 heterocycles. The van der Waals surface area contributed by atoms with Crippen LogP contribution in [0.25, 0.3) is 0 Å². The molecular formula is C12H11ClFN3O2. The molecule has 2 aromatic rings. The maximum absolute atomic E-state index is 13.0. The molecule has 5 nitrogen and oxygen atoms in total. The lowest BCUT2D eigenvalue weighted by molar-refractivity contribution is 0.0995. The van der Waals surface area contributed by atoms with Gasteiger partial charge in [0, 0.05) is 13.1 Å². The molecule has 0 aliphatic carbocycles. The average molecular weight is 284 g/mol. The van der Waals surface area contributed by atoms with Crippen LogP contribution in [0.1, 0.15) is 16.1 Å². The van der Waals surface area contributed by atoms with Crippen LogP contribution in [0.3, 0.4) is 0 Å². The van der Waals surface area contributed by atoms with Gasteiger partial charge in [-0.3, -0.25) is 9.48 Å². The number of amides is 1. The third-order valence-electron chi connectivity index (χ3n) is 2.46. The van der Waals surface area contributed by atoms with Gasteiger partial charge in [-0.25, -0.2) is 4.39 Å². The number of hydrogen-bond acceptors (Lipinski definition) is 3. The summed E-state index contributed by atoms with van der Waals surface area (Å²) in [4.78, 5) is 11.2. The van der Waals surface area contributed by atoms with E-state index in [9.17, 15) is 9.18 Å². The Morgan fingerprint density at radius 1 is 1.53 bits per heavy atom. The molecule has 19 heavy (non-hydrogen) atoms. The minimum atomic E-state index is -0.756. The van der Waals surface area contributed by atoms with Crippen molar-refractivity contribution in [1.82, 2.24) is 9.78 Å². The molecule has 0 atom stereocenters. The van der Waals surface area contributed by atoms with E-state index in [4.69, 9.17) is 22.1 Å². The zero-order chi connectivity index (χ0) is 14.0. The normalized spacial score (nSPS) is 10.5. The van der Waals surface area contributed by atoms with Gasteiger partial charge in [0.25, 0.3) is 5.91 Å². The van der Waals surface area contributed by atoms with E-state index in [1.54, 1.807) is 13.1 Å². The number of aromatic nitrogens is 2. The number of ether oxygens (including phenoxy) is 1. The van der Waals surface area contributed by atoms with Gasteiger partial charge in [-0.15, -0.1) is 0 Å². The van der Waals surface area contributed by atoms with Crippen LogP contribution >= 0.6 is 11.6 Å². The Labute approximate surface area is 113 Å². The lowest BCUT2D eigenvalue weighted by Crippen LogP contribution is -2.13. The van der Waals surface area contributed by atoms with Gasteiger partial charge < -0.3 is 10.5 Å². The van der Waals surface area contributed by atoms with Gasteiger partial charge in [0.1, 0.15) is 29.0 Å². The second kappa shape index (κ2) is 5.27. The highest BCUT2D eigenvalue weighted by Crippen LogP contribution is 2.21. The predicted octanol–water partition coefficient (Wildman–Crippen LogP) is 1.89. The van der Waals surface area contributed by atoms with Crippen LogP contribution in [0.5, 0.6) is 5.75 Å². The van der Waals surface area contributed by atoms with Crippen LogP contribution < -0.4 is 10.5 Å². The van der Waals surface area contributed by atoms with Gasteiger partial charge in [0.05, 0.1) is 5.56 Å². The quantitative estimate of drug-likeness (QED) is 0.931. The molecule has 2 N–H and O–H groups in total. The first-order chi connectivity index (χ1) is 8.97. The molecule has 0 spiro atoms. The first-order valence-corrected chi connectivity index (χ1v) is 5.75. The molecule has 100 valence electrons. The van der Waals surface area contributed by atoms with Crippen molar-refractivity contribution in [3.8, 4) is 5.75 Å². The summed E-state index contributed by atoms with van der Waals surface area (Å²) in [6.07, 6.45) is 0. The Morgan fingerprint density at radius 2 is 2.26 bits per heavy atom. The number of aryl methyl sites for hydroxylation is 1. The summed E-state index contributed by atoms with van der Waals surface area (Å²) in [6, 6.07) is 5.20. The third-order valence-corrected chi connectivity index (χ3v) is 2.81. The minimum absolute atomic E-state index is 0.0120. The number of primary amides is 1. The standard InChI is InChI=1S/C12H11ClFN3O2/c1-17-11(13)5-8(16-17)6-19-10-3-2-7(14)4-9(10)12(15)18/h2-5H,6H2,1H3,(H2,15,18). The molecule has 1 aromatic carbocycles. The predicted molar refractivity (Wildman–Crippen MR) is 67.5 cm³/mol. The highest BCUT2D eigenvalue weighted by atomic mass is 35.5. The maximum Gasteiger partial charge on any atom is 0.252 e. The van der Waals surface area contributed by atoms with Crippen LogP contribution in [0.4, 0.5) is 4.39 Å². The Kier molecular flexibility index (Phi) is 3.71. The number of carbonyl (C=O) groups is 1. The van der Waals surface area contributed by atoms with Gasteiger partial charge in [-0.2, -0.15) is 5.10 Å². The summed E-state index contributed by atoms with van der Waals surface area (Å²) in [7, 11) is 1.69. The Morgan fingerprint density at radius 3 is 2.84 bits per heavy atom. The van der Waals surface area contributed by atoms with Crippen molar-refractivity contribution >= 4 is 17.5 Å². The average Bonchev–Trinajstić information content (AvgIpc) is 2.67. The summed E-state index contributed by atoms with van der Waals surface area (Å²) >= 11 is 5.83. The van der Waals surface area contributed by atoms with E-state index in [1.165, 1.54) is 16.8 Å². The highest BCUT2D eigenvalue weighted by Gasteiger charge is 2.12.